The number of fused-ring (bicyclic) bond motifs is 1. The minimum Gasteiger partial charge on any atom is -0.455 e. The van der Waals surface area contributed by atoms with Gasteiger partial charge in [-0.2, -0.15) is 0 Å². The molecule has 2 rings (SSSR count). The van der Waals surface area contributed by atoms with E-state index in [1.54, 1.807) is 0 Å². The maximum atomic E-state index is 11.6. The minimum atomic E-state index is -0.418. The second-order valence-corrected chi connectivity index (χ2v) is 6.87. The molecule has 1 heterocycles. The van der Waals surface area contributed by atoms with E-state index < -0.39 is 5.97 Å². The van der Waals surface area contributed by atoms with Crippen LogP contribution in [-0.4, -0.2) is 35.3 Å². The summed E-state index contributed by atoms with van der Waals surface area (Å²) in [5.74, 6) is -0.559. The molecule has 1 aromatic heterocycles. The predicted octanol–water partition coefficient (Wildman–Crippen LogP) is 2.46. The number of esters is 1. The summed E-state index contributed by atoms with van der Waals surface area (Å²) < 4.78 is 6.81. The molecule has 21 heavy (non-hydrogen) atoms. The molecular weight excluding hydrogens is 308 g/mol. The van der Waals surface area contributed by atoms with Gasteiger partial charge in [0.1, 0.15) is 0 Å². The van der Waals surface area contributed by atoms with Crippen molar-refractivity contribution in [1.29, 1.82) is 0 Å². The Balaban J connectivity index is 1.77. The van der Waals surface area contributed by atoms with E-state index in [2.05, 4.69) is 10.3 Å². The lowest BCUT2D eigenvalue weighted by Gasteiger charge is -2.08. The van der Waals surface area contributed by atoms with Crippen molar-refractivity contribution in [3.8, 4) is 0 Å². The van der Waals surface area contributed by atoms with Gasteiger partial charge in [0.05, 0.1) is 16.0 Å². The standard InChI is InChI=1S/C14H16N2O3S2/c1-9(2)15-12(17)7-19-13(18)8-20-14-16-10-5-3-4-6-11(10)21-14/h3-6,9H,7-8H2,1-2H3,(H,15,17). The van der Waals surface area contributed by atoms with Gasteiger partial charge < -0.3 is 10.1 Å². The molecule has 0 saturated heterocycles. The van der Waals surface area contributed by atoms with Crippen molar-refractivity contribution >= 4 is 45.2 Å². The van der Waals surface area contributed by atoms with Gasteiger partial charge in [0.25, 0.3) is 5.91 Å². The smallest absolute Gasteiger partial charge is 0.316 e. The molecule has 0 saturated carbocycles. The number of ether oxygens (including phenoxy) is 1. The Hall–Kier alpha value is -1.60. The Labute approximate surface area is 131 Å². The van der Waals surface area contributed by atoms with Crippen molar-refractivity contribution in [1.82, 2.24) is 10.3 Å². The summed E-state index contributed by atoms with van der Waals surface area (Å²) in [7, 11) is 0. The van der Waals surface area contributed by atoms with Gasteiger partial charge in [0, 0.05) is 6.04 Å². The number of aromatic nitrogens is 1. The van der Waals surface area contributed by atoms with Gasteiger partial charge in [-0.15, -0.1) is 11.3 Å². The quantitative estimate of drug-likeness (QED) is 0.653. The third-order valence-corrected chi connectivity index (χ3v) is 4.55. The van der Waals surface area contributed by atoms with Crippen LogP contribution in [0.1, 0.15) is 13.8 Å². The van der Waals surface area contributed by atoms with Crippen LogP contribution in [0.5, 0.6) is 0 Å². The van der Waals surface area contributed by atoms with Crippen LogP contribution < -0.4 is 5.32 Å². The van der Waals surface area contributed by atoms with E-state index in [9.17, 15) is 9.59 Å². The van der Waals surface area contributed by atoms with Crippen LogP contribution in [0.25, 0.3) is 10.2 Å². The average Bonchev–Trinajstić information content (AvgIpc) is 2.85. The fourth-order valence-electron chi connectivity index (χ4n) is 1.58. The molecule has 0 radical (unpaired) electrons. The van der Waals surface area contributed by atoms with Crippen LogP contribution in [0.2, 0.25) is 0 Å². The number of thiazole rings is 1. The number of carbonyl (C=O) groups is 2. The van der Waals surface area contributed by atoms with Gasteiger partial charge in [0.15, 0.2) is 10.9 Å². The molecule has 112 valence electrons. The van der Waals surface area contributed by atoms with E-state index in [1.807, 2.05) is 38.1 Å². The summed E-state index contributed by atoms with van der Waals surface area (Å²) in [5, 5.41) is 2.66. The molecular formula is C14H16N2O3S2. The molecule has 1 N–H and O–H groups in total. The van der Waals surface area contributed by atoms with Gasteiger partial charge in [-0.3, -0.25) is 9.59 Å². The van der Waals surface area contributed by atoms with Crippen molar-refractivity contribution in [3.05, 3.63) is 24.3 Å². The van der Waals surface area contributed by atoms with Crippen molar-refractivity contribution in [3.63, 3.8) is 0 Å². The monoisotopic (exact) mass is 324 g/mol. The zero-order chi connectivity index (χ0) is 15.2. The first kappa shape index (κ1) is 15.8. The zero-order valence-corrected chi connectivity index (χ0v) is 13.4. The number of benzene rings is 1. The number of hydrogen-bond acceptors (Lipinski definition) is 6. The molecule has 7 heteroatoms. The number of nitrogens with zero attached hydrogens (tertiary/aromatic N) is 1. The third kappa shape index (κ3) is 5.02. The van der Waals surface area contributed by atoms with E-state index in [4.69, 9.17) is 4.74 Å². The van der Waals surface area contributed by atoms with Gasteiger partial charge in [-0.1, -0.05) is 23.9 Å². The fraction of sp³-hybridized carbons (Fsp3) is 0.357. The highest BCUT2D eigenvalue weighted by atomic mass is 32.2. The van der Waals surface area contributed by atoms with Crippen molar-refractivity contribution in [2.75, 3.05) is 12.4 Å². The van der Waals surface area contributed by atoms with Gasteiger partial charge in [-0.05, 0) is 26.0 Å². The van der Waals surface area contributed by atoms with Crippen LogP contribution in [0.15, 0.2) is 28.6 Å². The first-order chi connectivity index (χ1) is 10.0. The molecule has 0 spiro atoms. The Morgan fingerprint density at radius 1 is 1.38 bits per heavy atom. The van der Waals surface area contributed by atoms with Crippen LogP contribution in [0.4, 0.5) is 0 Å². The third-order valence-electron chi connectivity index (χ3n) is 2.40. The zero-order valence-electron chi connectivity index (χ0n) is 11.8. The summed E-state index contributed by atoms with van der Waals surface area (Å²) in [6.07, 6.45) is 0. The van der Waals surface area contributed by atoms with Crippen LogP contribution >= 0.6 is 23.1 Å². The average molecular weight is 324 g/mol. The molecule has 2 aromatic rings. The van der Waals surface area contributed by atoms with Gasteiger partial charge in [0.2, 0.25) is 0 Å². The SMILES string of the molecule is CC(C)NC(=O)COC(=O)CSc1nc2ccccc2s1. The molecule has 0 aliphatic rings. The second-order valence-electron chi connectivity index (χ2n) is 4.62. The Kier molecular flexibility index (Phi) is 5.58. The molecule has 0 atom stereocenters. The van der Waals surface area contributed by atoms with Crippen LogP contribution in [-0.2, 0) is 14.3 Å². The number of amides is 1. The molecule has 5 nitrogen and oxygen atoms in total. The van der Waals surface area contributed by atoms with Crippen molar-refractivity contribution in [2.24, 2.45) is 0 Å². The second kappa shape index (κ2) is 7.42. The molecule has 0 bridgehead atoms. The molecule has 1 aromatic carbocycles. The molecule has 0 unspecified atom stereocenters. The van der Waals surface area contributed by atoms with E-state index in [1.165, 1.54) is 23.1 Å². The molecule has 0 fully saturated rings. The highest BCUT2D eigenvalue weighted by molar-refractivity contribution is 8.01. The summed E-state index contributed by atoms with van der Waals surface area (Å²) in [6.45, 7) is 3.46. The van der Waals surface area contributed by atoms with Gasteiger partial charge in [-0.25, -0.2) is 4.98 Å². The fourth-order valence-corrected chi connectivity index (χ4v) is 3.45. The summed E-state index contributed by atoms with van der Waals surface area (Å²) in [4.78, 5) is 27.3. The van der Waals surface area contributed by atoms with Crippen LogP contribution in [0.3, 0.4) is 0 Å². The Morgan fingerprint density at radius 2 is 2.14 bits per heavy atom. The highest BCUT2D eigenvalue weighted by Gasteiger charge is 2.11. The van der Waals surface area contributed by atoms with Crippen molar-refractivity contribution < 1.29 is 14.3 Å². The largest absolute Gasteiger partial charge is 0.455 e. The number of rotatable bonds is 6. The number of thioether (sulfide) groups is 1. The molecule has 0 aliphatic heterocycles. The number of carbonyl (C=O) groups excluding carboxylic acids is 2. The van der Waals surface area contributed by atoms with E-state index in [-0.39, 0.29) is 24.3 Å². The predicted molar refractivity (Wildman–Crippen MR) is 84.6 cm³/mol. The lowest BCUT2D eigenvalue weighted by molar-refractivity contribution is -0.146. The Morgan fingerprint density at radius 3 is 2.86 bits per heavy atom. The summed E-state index contributed by atoms with van der Waals surface area (Å²) in [6, 6.07) is 7.85. The normalized spacial score (nSPS) is 10.8. The summed E-state index contributed by atoms with van der Waals surface area (Å²) >= 11 is 2.86. The Bertz CT molecular complexity index is 607. The first-order valence-electron chi connectivity index (χ1n) is 6.48. The lowest BCUT2D eigenvalue weighted by atomic mass is 10.3. The maximum Gasteiger partial charge on any atom is 0.316 e. The number of hydrogen-bond donors (Lipinski definition) is 1. The van der Waals surface area contributed by atoms with Gasteiger partial charge >= 0.3 is 5.97 Å². The molecule has 1 amide bonds. The topological polar surface area (TPSA) is 68.3 Å². The van der Waals surface area contributed by atoms with Crippen molar-refractivity contribution in [2.45, 2.75) is 24.2 Å². The number of nitrogens with one attached hydrogen (secondary N) is 1. The maximum absolute atomic E-state index is 11.6. The van der Waals surface area contributed by atoms with Crippen LogP contribution in [0, 0.1) is 0 Å². The van der Waals surface area contributed by atoms with E-state index in [0.717, 1.165) is 14.6 Å². The summed E-state index contributed by atoms with van der Waals surface area (Å²) in [5.41, 5.74) is 0.926. The van der Waals surface area contributed by atoms with E-state index in [0.29, 0.717) is 0 Å². The van der Waals surface area contributed by atoms with E-state index >= 15 is 0 Å². The molecule has 0 aliphatic carbocycles. The first-order valence-corrected chi connectivity index (χ1v) is 8.28. The number of para-hydroxylation sites is 1. The minimum absolute atomic E-state index is 0.0355. The lowest BCUT2D eigenvalue weighted by Crippen LogP contribution is -2.34. The highest BCUT2D eigenvalue weighted by Crippen LogP contribution is 2.29.